The monoisotopic (exact) mass is 342 g/mol. The van der Waals surface area contributed by atoms with E-state index in [0.717, 1.165) is 5.56 Å². The molecule has 0 aliphatic heterocycles. The molecule has 1 heterocycles. The summed E-state index contributed by atoms with van der Waals surface area (Å²) < 4.78 is 23.7. The molecule has 6 heteroatoms. The number of aromatic nitrogens is 2. The van der Waals surface area contributed by atoms with Crippen molar-refractivity contribution in [2.45, 2.75) is 32.0 Å². The topological polar surface area (TPSA) is 68.4 Å². The van der Waals surface area contributed by atoms with Crippen LogP contribution in [0.25, 0.3) is 0 Å². The fourth-order valence-electron chi connectivity index (χ4n) is 2.38. The molecule has 25 heavy (non-hydrogen) atoms. The summed E-state index contributed by atoms with van der Waals surface area (Å²) in [5, 5.41) is 14.4. The number of hydrogen-bond donors (Lipinski definition) is 1. The van der Waals surface area contributed by atoms with Crippen LogP contribution in [0.1, 0.15) is 30.6 Å². The van der Waals surface area contributed by atoms with Gasteiger partial charge in [-0.25, -0.2) is 4.39 Å². The molecule has 0 saturated heterocycles. The fourth-order valence-corrected chi connectivity index (χ4v) is 2.38. The fraction of sp³-hybridized carbons (Fsp3) is 0.263. The number of benzene rings is 2. The summed E-state index contributed by atoms with van der Waals surface area (Å²) in [5.74, 6) is 0.429. The molecule has 1 unspecified atom stereocenters. The van der Waals surface area contributed by atoms with Gasteiger partial charge in [-0.3, -0.25) is 0 Å². The number of aliphatic hydroxyl groups is 1. The molecule has 130 valence electrons. The summed E-state index contributed by atoms with van der Waals surface area (Å²) in [6.45, 7) is 1.67. The Morgan fingerprint density at radius 1 is 1.16 bits per heavy atom. The van der Waals surface area contributed by atoms with E-state index in [2.05, 4.69) is 10.1 Å². The van der Waals surface area contributed by atoms with Crippen LogP contribution in [0.3, 0.4) is 0 Å². The number of ether oxygens (including phenoxy) is 1. The molecular weight excluding hydrogens is 323 g/mol. The Morgan fingerprint density at radius 2 is 1.96 bits per heavy atom. The van der Waals surface area contributed by atoms with Crippen LogP contribution in [0.2, 0.25) is 0 Å². The Kier molecular flexibility index (Phi) is 5.09. The summed E-state index contributed by atoms with van der Waals surface area (Å²) in [4.78, 5) is 4.19. The highest BCUT2D eigenvalue weighted by atomic mass is 19.1. The van der Waals surface area contributed by atoms with Crippen molar-refractivity contribution in [3.63, 3.8) is 0 Å². The van der Waals surface area contributed by atoms with E-state index in [1.807, 2.05) is 30.3 Å². The summed E-state index contributed by atoms with van der Waals surface area (Å²) in [5.41, 5.74) is -0.114. The van der Waals surface area contributed by atoms with Crippen LogP contribution < -0.4 is 4.74 Å². The van der Waals surface area contributed by atoms with Crippen molar-refractivity contribution >= 4 is 0 Å². The van der Waals surface area contributed by atoms with Crippen LogP contribution in [0.15, 0.2) is 59.1 Å². The minimum Gasteiger partial charge on any atom is -0.485 e. The summed E-state index contributed by atoms with van der Waals surface area (Å²) in [6.07, 6.45) is 1.13. The van der Waals surface area contributed by atoms with Gasteiger partial charge in [0, 0.05) is 6.07 Å². The van der Waals surface area contributed by atoms with Gasteiger partial charge < -0.3 is 14.4 Å². The van der Waals surface area contributed by atoms with Crippen molar-refractivity contribution in [3.05, 3.63) is 77.7 Å². The number of halogens is 1. The second-order valence-electron chi connectivity index (χ2n) is 6.02. The smallest absolute Gasteiger partial charge is 0.258 e. The molecule has 0 saturated carbocycles. The zero-order valence-electron chi connectivity index (χ0n) is 13.9. The van der Waals surface area contributed by atoms with E-state index in [-0.39, 0.29) is 18.3 Å². The molecule has 0 aliphatic carbocycles. The molecule has 2 aromatic carbocycles. The second-order valence-corrected chi connectivity index (χ2v) is 6.02. The predicted octanol–water partition coefficient (Wildman–Crippen LogP) is 3.63. The lowest BCUT2D eigenvalue weighted by molar-refractivity contribution is 0.0147. The van der Waals surface area contributed by atoms with Crippen molar-refractivity contribution < 1.29 is 18.8 Å². The zero-order valence-corrected chi connectivity index (χ0v) is 13.9. The number of aryl methyl sites for hydroxylation is 1. The first-order valence-corrected chi connectivity index (χ1v) is 8.01. The maximum Gasteiger partial charge on any atom is 0.258 e. The molecule has 0 radical (unpaired) electrons. The van der Waals surface area contributed by atoms with Crippen LogP contribution in [0, 0.1) is 5.82 Å². The zero-order chi connectivity index (χ0) is 17.7. The first-order chi connectivity index (χ1) is 12.0. The first kappa shape index (κ1) is 17.1. The van der Waals surface area contributed by atoms with Crippen molar-refractivity contribution in [2.24, 2.45) is 0 Å². The second kappa shape index (κ2) is 7.44. The van der Waals surface area contributed by atoms with Gasteiger partial charge in [-0.2, -0.15) is 4.98 Å². The molecule has 0 fully saturated rings. The Balaban J connectivity index is 1.59. The summed E-state index contributed by atoms with van der Waals surface area (Å²) in [6, 6.07) is 15.7. The minimum absolute atomic E-state index is 0.0295. The van der Waals surface area contributed by atoms with Crippen molar-refractivity contribution in [1.29, 1.82) is 0 Å². The first-order valence-electron chi connectivity index (χ1n) is 8.01. The summed E-state index contributed by atoms with van der Waals surface area (Å²) in [7, 11) is 0. The number of nitrogens with zero attached hydrogens (tertiary/aromatic N) is 2. The van der Waals surface area contributed by atoms with E-state index in [0.29, 0.717) is 24.4 Å². The largest absolute Gasteiger partial charge is 0.485 e. The van der Waals surface area contributed by atoms with E-state index in [4.69, 9.17) is 9.26 Å². The van der Waals surface area contributed by atoms with Crippen LogP contribution in [-0.2, 0) is 18.6 Å². The average molecular weight is 342 g/mol. The third-order valence-corrected chi connectivity index (χ3v) is 3.84. The van der Waals surface area contributed by atoms with E-state index in [9.17, 15) is 9.50 Å². The van der Waals surface area contributed by atoms with Gasteiger partial charge in [-0.05, 0) is 37.5 Å². The van der Waals surface area contributed by atoms with Gasteiger partial charge >= 0.3 is 0 Å². The maximum absolute atomic E-state index is 13.1. The molecule has 0 amide bonds. The third-order valence-electron chi connectivity index (χ3n) is 3.84. The Hall–Kier alpha value is -2.73. The standard InChI is InChI=1S/C19H19FN2O3/c1-19(23,11-10-14-6-3-2-4-7-14)18-21-17(22-25-18)13-24-16-9-5-8-15(20)12-16/h2-9,12,23H,10-11,13H2,1H3. The van der Waals surface area contributed by atoms with Crippen molar-refractivity contribution in [2.75, 3.05) is 0 Å². The molecule has 3 rings (SSSR count). The SMILES string of the molecule is CC(O)(CCc1ccccc1)c1nc(COc2cccc(F)c2)no1. The lowest BCUT2D eigenvalue weighted by Crippen LogP contribution is -2.22. The van der Waals surface area contributed by atoms with Gasteiger partial charge in [-0.15, -0.1) is 0 Å². The Labute approximate surface area is 145 Å². The number of rotatable bonds is 7. The van der Waals surface area contributed by atoms with Gasteiger partial charge in [0.1, 0.15) is 17.2 Å². The average Bonchev–Trinajstić information content (AvgIpc) is 3.09. The highest BCUT2D eigenvalue weighted by Gasteiger charge is 2.30. The normalized spacial score (nSPS) is 13.4. The van der Waals surface area contributed by atoms with E-state index >= 15 is 0 Å². The van der Waals surface area contributed by atoms with Gasteiger partial charge in [0.15, 0.2) is 6.61 Å². The minimum atomic E-state index is -1.24. The number of hydrogen-bond acceptors (Lipinski definition) is 5. The molecule has 1 N–H and O–H groups in total. The van der Waals surface area contributed by atoms with E-state index in [1.165, 1.54) is 12.1 Å². The van der Waals surface area contributed by atoms with Crippen LogP contribution in [-0.4, -0.2) is 15.2 Å². The van der Waals surface area contributed by atoms with Gasteiger partial charge in [0.25, 0.3) is 5.89 Å². The highest BCUT2D eigenvalue weighted by molar-refractivity contribution is 5.22. The summed E-state index contributed by atoms with van der Waals surface area (Å²) >= 11 is 0. The van der Waals surface area contributed by atoms with Gasteiger partial charge in [-0.1, -0.05) is 41.6 Å². The Morgan fingerprint density at radius 3 is 2.72 bits per heavy atom. The molecule has 0 aliphatic rings. The Bertz CT molecular complexity index is 818. The molecule has 0 spiro atoms. The van der Waals surface area contributed by atoms with Crippen LogP contribution in [0.4, 0.5) is 4.39 Å². The van der Waals surface area contributed by atoms with E-state index in [1.54, 1.807) is 19.1 Å². The molecule has 0 bridgehead atoms. The lowest BCUT2D eigenvalue weighted by Gasteiger charge is -2.18. The van der Waals surface area contributed by atoms with Gasteiger partial charge in [0.05, 0.1) is 0 Å². The molecule has 1 atom stereocenters. The maximum atomic E-state index is 13.1. The third kappa shape index (κ3) is 4.64. The highest BCUT2D eigenvalue weighted by Crippen LogP contribution is 2.25. The lowest BCUT2D eigenvalue weighted by atomic mass is 9.97. The van der Waals surface area contributed by atoms with Crippen molar-refractivity contribution in [1.82, 2.24) is 10.1 Å². The van der Waals surface area contributed by atoms with Crippen LogP contribution >= 0.6 is 0 Å². The predicted molar refractivity (Wildman–Crippen MR) is 89.4 cm³/mol. The quantitative estimate of drug-likeness (QED) is 0.710. The van der Waals surface area contributed by atoms with Crippen molar-refractivity contribution in [3.8, 4) is 5.75 Å². The van der Waals surface area contributed by atoms with Gasteiger partial charge in [0.2, 0.25) is 5.82 Å². The molecule has 1 aromatic heterocycles. The van der Waals surface area contributed by atoms with E-state index < -0.39 is 5.60 Å². The molecular formula is C19H19FN2O3. The molecule has 3 aromatic rings. The molecule has 5 nitrogen and oxygen atoms in total. The van der Waals surface area contributed by atoms with Crippen LogP contribution in [0.5, 0.6) is 5.75 Å².